The number of rotatable bonds is 6. The van der Waals surface area contributed by atoms with Crippen molar-refractivity contribution in [3.63, 3.8) is 0 Å². The van der Waals surface area contributed by atoms with Gasteiger partial charge in [0.25, 0.3) is 0 Å². The summed E-state index contributed by atoms with van der Waals surface area (Å²) in [7, 11) is 0. The van der Waals surface area contributed by atoms with Gasteiger partial charge in [0, 0.05) is 6.54 Å². The van der Waals surface area contributed by atoms with E-state index in [1.807, 2.05) is 13.8 Å². The van der Waals surface area contributed by atoms with Crippen LogP contribution in [-0.2, 0) is 6.42 Å². The number of benzene rings is 1. The number of hydrogen-bond donors (Lipinski definition) is 1. The van der Waals surface area contributed by atoms with Gasteiger partial charge in [-0.25, -0.2) is 0 Å². The maximum atomic E-state index is 8.90. The summed E-state index contributed by atoms with van der Waals surface area (Å²) in [6.45, 7) is 9.11. The summed E-state index contributed by atoms with van der Waals surface area (Å²) in [5.74, 6) is 0.634. The molecule has 1 rings (SSSR count). The molecule has 1 aromatic rings. The van der Waals surface area contributed by atoms with Crippen LogP contribution < -0.4 is 5.32 Å². The Bertz CT molecular complexity index is 398. The average molecular weight is 244 g/mol. The van der Waals surface area contributed by atoms with Crippen LogP contribution in [0.4, 0.5) is 0 Å². The summed E-state index contributed by atoms with van der Waals surface area (Å²) in [6.07, 6.45) is 2.14. The van der Waals surface area contributed by atoms with Crippen LogP contribution in [0.3, 0.4) is 0 Å². The fourth-order valence-electron chi connectivity index (χ4n) is 1.81. The zero-order chi connectivity index (χ0) is 13.6. The fourth-order valence-corrected chi connectivity index (χ4v) is 1.81. The van der Waals surface area contributed by atoms with E-state index in [2.05, 4.69) is 49.5 Å². The molecule has 0 bridgehead atoms. The highest BCUT2D eigenvalue weighted by Crippen LogP contribution is 2.18. The van der Waals surface area contributed by atoms with Gasteiger partial charge in [0.15, 0.2) is 0 Å². The molecule has 0 spiro atoms. The standard InChI is InChI=1S/C16H24N2/c1-5-13(2)15-8-6-14(7-9-15)10-11-18-16(3,4)12-17/h6-9,13,18H,5,10-11H2,1-4H3. The SMILES string of the molecule is CCC(C)c1ccc(CCNC(C)(C)C#N)cc1. The third-order valence-electron chi connectivity index (χ3n) is 3.42. The van der Waals surface area contributed by atoms with Gasteiger partial charge in [-0.3, -0.25) is 5.32 Å². The molecule has 0 aliphatic heterocycles. The lowest BCUT2D eigenvalue weighted by atomic mass is 9.97. The van der Waals surface area contributed by atoms with Crippen molar-refractivity contribution in [2.24, 2.45) is 0 Å². The van der Waals surface area contributed by atoms with Crippen LogP contribution in [0.25, 0.3) is 0 Å². The largest absolute Gasteiger partial charge is 0.300 e. The van der Waals surface area contributed by atoms with E-state index in [1.165, 1.54) is 17.5 Å². The van der Waals surface area contributed by atoms with Gasteiger partial charge in [-0.15, -0.1) is 0 Å². The van der Waals surface area contributed by atoms with Crippen molar-refractivity contribution in [1.29, 1.82) is 5.26 Å². The molecule has 1 unspecified atom stereocenters. The number of nitriles is 1. The molecule has 0 heterocycles. The van der Waals surface area contributed by atoms with Crippen molar-refractivity contribution in [1.82, 2.24) is 5.32 Å². The van der Waals surface area contributed by atoms with Crippen molar-refractivity contribution in [3.8, 4) is 6.07 Å². The molecule has 0 aromatic heterocycles. The molecule has 98 valence electrons. The molecule has 0 aliphatic rings. The summed E-state index contributed by atoms with van der Waals surface area (Å²) < 4.78 is 0. The Morgan fingerprint density at radius 2 is 1.89 bits per heavy atom. The maximum Gasteiger partial charge on any atom is 0.101 e. The Balaban J connectivity index is 2.48. The van der Waals surface area contributed by atoms with Gasteiger partial charge in [0.05, 0.1) is 6.07 Å². The monoisotopic (exact) mass is 244 g/mol. The molecular weight excluding hydrogens is 220 g/mol. The Kier molecular flexibility index (Phi) is 5.37. The van der Waals surface area contributed by atoms with Crippen molar-refractivity contribution in [3.05, 3.63) is 35.4 Å². The van der Waals surface area contributed by atoms with Crippen LogP contribution in [0.5, 0.6) is 0 Å². The van der Waals surface area contributed by atoms with Gasteiger partial charge in [-0.1, -0.05) is 38.1 Å². The molecular formula is C16H24N2. The van der Waals surface area contributed by atoms with Gasteiger partial charge in [-0.2, -0.15) is 5.26 Å². The van der Waals surface area contributed by atoms with Crippen molar-refractivity contribution < 1.29 is 0 Å². The number of hydrogen-bond acceptors (Lipinski definition) is 2. The van der Waals surface area contributed by atoms with E-state index >= 15 is 0 Å². The van der Waals surface area contributed by atoms with Crippen LogP contribution in [0.2, 0.25) is 0 Å². The third-order valence-corrected chi connectivity index (χ3v) is 3.42. The van der Waals surface area contributed by atoms with Crippen LogP contribution in [0.15, 0.2) is 24.3 Å². The Labute approximate surface area is 111 Å². The molecule has 0 saturated carbocycles. The molecule has 0 amide bonds. The molecule has 0 aliphatic carbocycles. The highest BCUT2D eigenvalue weighted by Gasteiger charge is 2.14. The zero-order valence-electron chi connectivity index (χ0n) is 12.0. The van der Waals surface area contributed by atoms with E-state index in [0.717, 1.165) is 13.0 Å². The fraction of sp³-hybridized carbons (Fsp3) is 0.562. The molecule has 1 aromatic carbocycles. The van der Waals surface area contributed by atoms with Gasteiger partial charge >= 0.3 is 0 Å². The summed E-state index contributed by atoms with van der Waals surface area (Å²) in [5.41, 5.74) is 2.30. The lowest BCUT2D eigenvalue weighted by Crippen LogP contribution is -2.38. The molecule has 1 atom stereocenters. The Morgan fingerprint density at radius 1 is 1.28 bits per heavy atom. The first kappa shape index (κ1) is 14.7. The van der Waals surface area contributed by atoms with E-state index in [4.69, 9.17) is 5.26 Å². The minimum atomic E-state index is -0.434. The number of nitrogens with zero attached hydrogens (tertiary/aromatic N) is 1. The predicted molar refractivity (Wildman–Crippen MR) is 76.5 cm³/mol. The van der Waals surface area contributed by atoms with E-state index in [9.17, 15) is 0 Å². The quantitative estimate of drug-likeness (QED) is 0.829. The van der Waals surface area contributed by atoms with Crippen molar-refractivity contribution in [2.75, 3.05) is 6.54 Å². The molecule has 2 heteroatoms. The predicted octanol–water partition coefficient (Wildman–Crippen LogP) is 3.63. The van der Waals surface area contributed by atoms with E-state index < -0.39 is 5.54 Å². The average Bonchev–Trinajstić information content (AvgIpc) is 2.38. The second-order valence-corrected chi connectivity index (χ2v) is 5.46. The Hall–Kier alpha value is -1.33. The van der Waals surface area contributed by atoms with Crippen LogP contribution >= 0.6 is 0 Å². The molecule has 0 radical (unpaired) electrons. The summed E-state index contributed by atoms with van der Waals surface area (Å²) in [6, 6.07) is 11.1. The highest BCUT2D eigenvalue weighted by atomic mass is 14.9. The van der Waals surface area contributed by atoms with E-state index in [1.54, 1.807) is 0 Å². The second kappa shape index (κ2) is 6.56. The maximum absolute atomic E-state index is 8.90. The van der Waals surface area contributed by atoms with Crippen LogP contribution in [0, 0.1) is 11.3 Å². The summed E-state index contributed by atoms with van der Waals surface area (Å²) in [4.78, 5) is 0. The third kappa shape index (κ3) is 4.50. The number of nitrogens with one attached hydrogen (secondary N) is 1. The lowest BCUT2D eigenvalue weighted by Gasteiger charge is -2.17. The smallest absolute Gasteiger partial charge is 0.101 e. The van der Waals surface area contributed by atoms with E-state index in [0.29, 0.717) is 5.92 Å². The van der Waals surface area contributed by atoms with E-state index in [-0.39, 0.29) is 0 Å². The lowest BCUT2D eigenvalue weighted by molar-refractivity contribution is 0.490. The van der Waals surface area contributed by atoms with Gasteiger partial charge in [0.1, 0.15) is 5.54 Å². The first-order chi connectivity index (χ1) is 8.48. The first-order valence-corrected chi connectivity index (χ1v) is 6.73. The van der Waals surface area contributed by atoms with Crippen molar-refractivity contribution in [2.45, 2.75) is 52.0 Å². The van der Waals surface area contributed by atoms with Crippen molar-refractivity contribution >= 4 is 0 Å². The topological polar surface area (TPSA) is 35.8 Å². The van der Waals surface area contributed by atoms with Gasteiger partial charge in [-0.05, 0) is 43.7 Å². The first-order valence-electron chi connectivity index (χ1n) is 6.73. The van der Waals surface area contributed by atoms with Crippen LogP contribution in [-0.4, -0.2) is 12.1 Å². The van der Waals surface area contributed by atoms with Crippen LogP contribution in [0.1, 0.15) is 51.2 Å². The molecule has 2 nitrogen and oxygen atoms in total. The highest BCUT2D eigenvalue weighted by molar-refractivity contribution is 5.25. The molecule has 0 fully saturated rings. The van der Waals surface area contributed by atoms with Gasteiger partial charge in [0.2, 0.25) is 0 Å². The second-order valence-electron chi connectivity index (χ2n) is 5.46. The normalized spacial score (nSPS) is 13.1. The minimum absolute atomic E-state index is 0.434. The molecule has 0 saturated heterocycles. The Morgan fingerprint density at radius 3 is 2.39 bits per heavy atom. The molecule has 18 heavy (non-hydrogen) atoms. The van der Waals surface area contributed by atoms with Gasteiger partial charge < -0.3 is 0 Å². The molecule has 1 N–H and O–H groups in total. The summed E-state index contributed by atoms with van der Waals surface area (Å²) in [5, 5.41) is 12.1. The summed E-state index contributed by atoms with van der Waals surface area (Å²) >= 11 is 0. The zero-order valence-corrected chi connectivity index (χ0v) is 12.0. The minimum Gasteiger partial charge on any atom is -0.300 e.